The second kappa shape index (κ2) is 16.6. The van der Waals surface area contributed by atoms with Crippen LogP contribution in [0.25, 0.3) is 22.4 Å². The minimum Gasteiger partial charge on any atom is -0.496 e. The van der Waals surface area contributed by atoms with Crippen molar-refractivity contribution in [3.8, 4) is 39.9 Å². The summed E-state index contributed by atoms with van der Waals surface area (Å²) >= 11 is 20.7. The minimum absolute atomic E-state index is 0.126. The van der Waals surface area contributed by atoms with E-state index in [4.69, 9.17) is 54.0 Å². The van der Waals surface area contributed by atoms with Gasteiger partial charge in [0.05, 0.1) is 24.9 Å². The van der Waals surface area contributed by atoms with Gasteiger partial charge in [-0.05, 0) is 80.2 Å². The highest BCUT2D eigenvalue weighted by molar-refractivity contribution is 6.36. The van der Waals surface area contributed by atoms with E-state index in [9.17, 15) is 9.59 Å². The highest BCUT2D eigenvalue weighted by Gasteiger charge is 2.30. The summed E-state index contributed by atoms with van der Waals surface area (Å²) in [5, 5.41) is 7.79. The lowest BCUT2D eigenvalue weighted by Gasteiger charge is -2.18. The fourth-order valence-electron chi connectivity index (χ4n) is 7.89. The summed E-state index contributed by atoms with van der Waals surface area (Å²) in [5.74, 6) is 2.25. The number of aromatic nitrogens is 2. The van der Waals surface area contributed by atoms with Crippen molar-refractivity contribution in [2.75, 3.05) is 20.8 Å². The zero-order chi connectivity index (χ0) is 37.1. The predicted molar refractivity (Wildman–Crippen MR) is 207 cm³/mol. The van der Waals surface area contributed by atoms with Gasteiger partial charge in [-0.2, -0.15) is 4.98 Å². The second-order valence-electron chi connectivity index (χ2n) is 14.1. The molecule has 2 aliphatic carbocycles. The summed E-state index contributed by atoms with van der Waals surface area (Å²) in [5.41, 5.74) is 7.16. The third-order valence-electron chi connectivity index (χ3n) is 10.6. The van der Waals surface area contributed by atoms with Gasteiger partial charge in [-0.25, -0.2) is 4.98 Å². The van der Waals surface area contributed by atoms with Crippen LogP contribution < -0.4 is 24.8 Å². The largest absolute Gasteiger partial charge is 0.496 e. The molecule has 0 unspecified atom stereocenters. The standard InChI is InChI=1S/C41H43Cl3N4O5/c1-51-36-20-34(47-39(44)32(36)22-45-21-23-12-14-26(49)18-23)31-11-5-10-30(38(31)43)27-8-4-9-29-28(27)15-16-35(29)53-41-33(42)19-24(40(48-41)52-2)6-3-7-25-13-17-37(50)46-25/h4-5,8-11,19-20,23,25,35,45H,3,6-7,12-18,21-22H2,1-2H3,(H,46,50)/t23-,25-,35+/m1/s1. The molecule has 2 N–H and O–H groups in total. The van der Waals surface area contributed by atoms with Crippen molar-refractivity contribution in [1.29, 1.82) is 0 Å². The molecule has 278 valence electrons. The molecule has 3 heterocycles. The lowest BCUT2D eigenvalue weighted by atomic mass is 9.94. The number of carbonyl (C=O) groups excluding carboxylic acids is 2. The molecule has 53 heavy (non-hydrogen) atoms. The van der Waals surface area contributed by atoms with Gasteiger partial charge < -0.3 is 24.8 Å². The Morgan fingerprint density at radius 2 is 1.70 bits per heavy atom. The maximum Gasteiger partial charge on any atom is 0.236 e. The molecule has 0 bridgehead atoms. The van der Waals surface area contributed by atoms with Gasteiger partial charge in [0.2, 0.25) is 17.7 Å². The number of nitrogens with zero attached hydrogens (tertiary/aromatic N) is 2. The van der Waals surface area contributed by atoms with Crippen LogP contribution in [-0.4, -0.2) is 48.5 Å². The van der Waals surface area contributed by atoms with Gasteiger partial charge in [0, 0.05) is 60.2 Å². The van der Waals surface area contributed by atoms with Gasteiger partial charge >= 0.3 is 0 Å². The average Bonchev–Trinajstić information content (AvgIpc) is 3.89. The number of fused-ring (bicyclic) bond motifs is 1. The van der Waals surface area contributed by atoms with Crippen molar-refractivity contribution in [1.82, 2.24) is 20.6 Å². The Bertz CT molecular complexity index is 2020. The molecule has 3 atom stereocenters. The van der Waals surface area contributed by atoms with E-state index in [1.807, 2.05) is 36.4 Å². The number of carbonyl (C=O) groups is 2. The highest BCUT2D eigenvalue weighted by atomic mass is 35.5. The molecule has 12 heteroatoms. The average molecular weight is 778 g/mol. The molecule has 2 aromatic carbocycles. The first-order valence-corrected chi connectivity index (χ1v) is 19.4. The van der Waals surface area contributed by atoms with Gasteiger partial charge in [-0.15, -0.1) is 0 Å². The first-order valence-electron chi connectivity index (χ1n) is 18.3. The number of hydrogen-bond acceptors (Lipinski definition) is 8. The summed E-state index contributed by atoms with van der Waals surface area (Å²) in [4.78, 5) is 32.7. The monoisotopic (exact) mass is 776 g/mol. The zero-order valence-electron chi connectivity index (χ0n) is 29.9. The van der Waals surface area contributed by atoms with E-state index in [2.05, 4.69) is 27.8 Å². The van der Waals surface area contributed by atoms with Crippen molar-refractivity contribution in [3.63, 3.8) is 0 Å². The molecule has 1 saturated heterocycles. The molecule has 9 nitrogen and oxygen atoms in total. The minimum atomic E-state index is -0.251. The molecule has 2 fully saturated rings. The molecule has 4 aromatic rings. The van der Waals surface area contributed by atoms with E-state index < -0.39 is 0 Å². The van der Waals surface area contributed by atoms with E-state index >= 15 is 0 Å². The van der Waals surface area contributed by atoms with Crippen LogP contribution in [0.2, 0.25) is 15.2 Å². The molecule has 0 spiro atoms. The Morgan fingerprint density at radius 1 is 0.887 bits per heavy atom. The lowest BCUT2D eigenvalue weighted by molar-refractivity contribution is -0.119. The van der Waals surface area contributed by atoms with Gasteiger partial charge in [-0.3, -0.25) is 9.59 Å². The molecular weight excluding hydrogens is 735 g/mol. The van der Waals surface area contributed by atoms with Gasteiger partial charge in [0.1, 0.15) is 27.8 Å². The third kappa shape index (κ3) is 8.29. The van der Waals surface area contributed by atoms with Gasteiger partial charge in [-0.1, -0.05) is 71.2 Å². The van der Waals surface area contributed by atoms with E-state index in [0.29, 0.717) is 75.9 Å². The van der Waals surface area contributed by atoms with E-state index in [0.717, 1.165) is 90.4 Å². The zero-order valence-corrected chi connectivity index (χ0v) is 32.2. The normalized spacial score (nSPS) is 19.4. The number of amides is 1. The van der Waals surface area contributed by atoms with Crippen LogP contribution in [0.1, 0.15) is 79.7 Å². The van der Waals surface area contributed by atoms with Crippen molar-refractivity contribution >= 4 is 46.5 Å². The first-order chi connectivity index (χ1) is 25.7. The Labute approximate surface area is 325 Å². The summed E-state index contributed by atoms with van der Waals surface area (Å²) in [6.45, 7) is 1.22. The number of benzene rings is 2. The number of halogens is 3. The van der Waals surface area contributed by atoms with E-state index in [1.54, 1.807) is 14.2 Å². The number of ether oxygens (including phenoxy) is 3. The number of Topliss-reactive ketones (excluding diaryl/α,β-unsaturated/α-hetero) is 1. The first kappa shape index (κ1) is 37.4. The molecule has 1 saturated carbocycles. The molecule has 1 aliphatic heterocycles. The van der Waals surface area contributed by atoms with E-state index in [1.165, 1.54) is 0 Å². The quantitative estimate of drug-likeness (QED) is 0.122. The lowest BCUT2D eigenvalue weighted by Crippen LogP contribution is -2.25. The van der Waals surface area contributed by atoms with Crippen LogP contribution in [0.15, 0.2) is 48.5 Å². The number of rotatable bonds is 14. The molecule has 2 aromatic heterocycles. The Kier molecular flexibility index (Phi) is 11.7. The van der Waals surface area contributed by atoms with Crippen molar-refractivity contribution in [3.05, 3.63) is 86.0 Å². The van der Waals surface area contributed by atoms with Crippen LogP contribution in [0.5, 0.6) is 17.5 Å². The molecule has 1 amide bonds. The number of pyridine rings is 2. The Balaban J connectivity index is 1.08. The fourth-order valence-corrected chi connectivity index (χ4v) is 8.69. The predicted octanol–water partition coefficient (Wildman–Crippen LogP) is 8.91. The Morgan fingerprint density at radius 3 is 2.45 bits per heavy atom. The molecular formula is C41H43Cl3N4O5. The maximum atomic E-state index is 11.7. The maximum absolute atomic E-state index is 11.7. The smallest absolute Gasteiger partial charge is 0.236 e. The number of aryl methyl sites for hydroxylation is 1. The van der Waals surface area contributed by atoms with Crippen molar-refractivity contribution in [2.24, 2.45) is 5.92 Å². The summed E-state index contributed by atoms with van der Waals surface area (Å²) in [6.07, 6.45) is 7.48. The second-order valence-corrected chi connectivity index (χ2v) is 15.2. The summed E-state index contributed by atoms with van der Waals surface area (Å²) in [6, 6.07) is 16.1. The molecule has 7 rings (SSSR count). The number of hydrogen-bond donors (Lipinski definition) is 2. The van der Waals surface area contributed by atoms with Gasteiger partial charge in [0.25, 0.3) is 0 Å². The third-order valence-corrected chi connectivity index (χ3v) is 11.6. The topological polar surface area (TPSA) is 112 Å². The molecule has 3 aliphatic rings. The fraction of sp³-hybridized carbons (Fsp3) is 0.415. The van der Waals surface area contributed by atoms with Crippen LogP contribution in [0, 0.1) is 5.92 Å². The summed E-state index contributed by atoms with van der Waals surface area (Å²) in [7, 11) is 3.22. The van der Waals surface area contributed by atoms with Crippen LogP contribution in [0.4, 0.5) is 0 Å². The van der Waals surface area contributed by atoms with Crippen LogP contribution in [0.3, 0.4) is 0 Å². The number of nitrogens with one attached hydrogen (secondary N) is 2. The summed E-state index contributed by atoms with van der Waals surface area (Å²) < 4.78 is 17.9. The highest BCUT2D eigenvalue weighted by Crippen LogP contribution is 2.45. The van der Waals surface area contributed by atoms with Crippen molar-refractivity contribution in [2.45, 2.75) is 82.9 Å². The number of methoxy groups -OCH3 is 2. The molecule has 0 radical (unpaired) electrons. The number of ketones is 1. The Hall–Kier alpha value is -3.89. The van der Waals surface area contributed by atoms with E-state index in [-0.39, 0.29) is 18.1 Å². The SMILES string of the molecule is COc1cc(-c2cccc(-c3cccc4c3CC[C@@H]4Oc3nc(OC)c(CCC[C@@H]4CCC(=O)N4)cc3Cl)c2Cl)nc(Cl)c1CNC[C@@H]1CCC(=O)C1. The van der Waals surface area contributed by atoms with Crippen LogP contribution >= 0.6 is 34.8 Å². The van der Waals surface area contributed by atoms with Crippen molar-refractivity contribution < 1.29 is 23.8 Å². The van der Waals surface area contributed by atoms with Crippen LogP contribution in [-0.2, 0) is 29.0 Å². The van der Waals surface area contributed by atoms with Gasteiger partial charge in [0.15, 0.2) is 0 Å².